The van der Waals surface area contributed by atoms with Crippen molar-refractivity contribution in [2.75, 3.05) is 13.2 Å². The summed E-state index contributed by atoms with van der Waals surface area (Å²) in [5.74, 6) is 0.323. The summed E-state index contributed by atoms with van der Waals surface area (Å²) in [4.78, 5) is 16.6. The maximum absolute atomic E-state index is 13.9. The molecule has 1 aliphatic rings. The van der Waals surface area contributed by atoms with E-state index in [-0.39, 0.29) is 36.1 Å². The average Bonchev–Trinajstić information content (AvgIpc) is 3.24. The van der Waals surface area contributed by atoms with E-state index in [9.17, 15) is 13.6 Å². The van der Waals surface area contributed by atoms with Gasteiger partial charge in [-0.05, 0) is 36.2 Å². The lowest BCUT2D eigenvalue weighted by molar-refractivity contribution is -0.121. The molecule has 31 heavy (non-hydrogen) atoms. The molecule has 1 unspecified atom stereocenters. The van der Waals surface area contributed by atoms with Gasteiger partial charge in [0, 0.05) is 18.9 Å². The third-order valence-corrected chi connectivity index (χ3v) is 5.03. The van der Waals surface area contributed by atoms with Gasteiger partial charge in [-0.1, -0.05) is 13.0 Å². The minimum absolute atomic E-state index is 0.120. The number of oxazole rings is 1. The van der Waals surface area contributed by atoms with Gasteiger partial charge in [0.1, 0.15) is 24.8 Å². The maximum atomic E-state index is 13.9. The van der Waals surface area contributed by atoms with Gasteiger partial charge in [-0.15, -0.1) is 0 Å². The van der Waals surface area contributed by atoms with Crippen LogP contribution in [0.25, 0.3) is 11.3 Å². The molecule has 0 radical (unpaired) electrons. The van der Waals surface area contributed by atoms with E-state index in [1.165, 1.54) is 12.3 Å². The van der Waals surface area contributed by atoms with Crippen LogP contribution in [0.4, 0.5) is 8.78 Å². The van der Waals surface area contributed by atoms with E-state index in [2.05, 4.69) is 10.3 Å². The number of aryl methyl sites for hydroxylation is 1. The van der Waals surface area contributed by atoms with Crippen molar-refractivity contribution in [3.05, 3.63) is 65.7 Å². The molecule has 0 fully saturated rings. The van der Waals surface area contributed by atoms with Gasteiger partial charge < -0.3 is 19.2 Å². The van der Waals surface area contributed by atoms with Crippen molar-refractivity contribution < 1.29 is 27.5 Å². The molecule has 1 N–H and O–H groups in total. The molecule has 0 saturated carbocycles. The molecule has 2 heterocycles. The third kappa shape index (κ3) is 4.84. The molecule has 1 aromatic heterocycles. The summed E-state index contributed by atoms with van der Waals surface area (Å²) >= 11 is 0. The van der Waals surface area contributed by atoms with Gasteiger partial charge in [0.2, 0.25) is 5.91 Å². The fourth-order valence-corrected chi connectivity index (χ4v) is 3.42. The van der Waals surface area contributed by atoms with E-state index in [0.29, 0.717) is 37.0 Å². The normalized spacial score (nSPS) is 13.6. The number of carbonyl (C=O) groups is 1. The number of nitrogens with zero attached hydrogens (tertiary/aromatic N) is 1. The van der Waals surface area contributed by atoms with Crippen LogP contribution in [0, 0.1) is 11.6 Å². The number of benzene rings is 2. The average molecular weight is 428 g/mol. The van der Waals surface area contributed by atoms with Gasteiger partial charge in [0.15, 0.2) is 23.1 Å². The molecule has 0 bridgehead atoms. The van der Waals surface area contributed by atoms with Crippen molar-refractivity contribution in [1.82, 2.24) is 10.3 Å². The number of hydrogen-bond acceptors (Lipinski definition) is 5. The molecule has 4 rings (SSSR count). The quantitative estimate of drug-likeness (QED) is 0.596. The predicted octanol–water partition coefficient (Wildman–Crippen LogP) is 4.59. The number of nitrogens with one attached hydrogen (secondary N) is 1. The van der Waals surface area contributed by atoms with Crippen LogP contribution in [0.2, 0.25) is 0 Å². The molecule has 2 aromatic carbocycles. The van der Waals surface area contributed by atoms with Crippen molar-refractivity contribution in [3.8, 4) is 22.8 Å². The van der Waals surface area contributed by atoms with Crippen LogP contribution in [0.1, 0.15) is 37.3 Å². The fourth-order valence-electron chi connectivity index (χ4n) is 3.42. The van der Waals surface area contributed by atoms with Crippen LogP contribution < -0.4 is 14.8 Å². The van der Waals surface area contributed by atoms with E-state index >= 15 is 0 Å². The van der Waals surface area contributed by atoms with Gasteiger partial charge in [0.25, 0.3) is 0 Å². The van der Waals surface area contributed by atoms with Crippen LogP contribution in [-0.2, 0) is 11.2 Å². The van der Waals surface area contributed by atoms with Gasteiger partial charge in [-0.3, -0.25) is 4.79 Å². The second-order valence-corrected chi connectivity index (χ2v) is 7.17. The zero-order chi connectivity index (χ0) is 21.8. The Morgan fingerprint density at radius 2 is 1.94 bits per heavy atom. The van der Waals surface area contributed by atoms with Crippen LogP contribution in [0.3, 0.4) is 0 Å². The summed E-state index contributed by atoms with van der Waals surface area (Å²) in [7, 11) is 0. The number of rotatable bonds is 7. The van der Waals surface area contributed by atoms with Crippen molar-refractivity contribution in [2.24, 2.45) is 0 Å². The number of fused-ring (bicyclic) bond motifs is 1. The first-order chi connectivity index (χ1) is 15.0. The topological polar surface area (TPSA) is 73.6 Å². The van der Waals surface area contributed by atoms with Gasteiger partial charge >= 0.3 is 0 Å². The smallest absolute Gasteiger partial charge is 0.220 e. The molecule has 1 aliphatic heterocycles. The van der Waals surface area contributed by atoms with Gasteiger partial charge in [0.05, 0.1) is 17.8 Å². The molecular weight excluding hydrogens is 406 g/mol. The minimum Gasteiger partial charge on any atom is -0.486 e. The predicted molar refractivity (Wildman–Crippen MR) is 109 cm³/mol. The lowest BCUT2D eigenvalue weighted by Gasteiger charge is -2.22. The molecule has 0 saturated heterocycles. The largest absolute Gasteiger partial charge is 0.486 e. The Kier molecular flexibility index (Phi) is 6.16. The number of halogens is 2. The third-order valence-electron chi connectivity index (χ3n) is 5.03. The molecule has 1 atom stereocenters. The van der Waals surface area contributed by atoms with E-state index in [1.54, 1.807) is 0 Å². The Bertz CT molecular complexity index is 1080. The van der Waals surface area contributed by atoms with Crippen molar-refractivity contribution >= 4 is 5.91 Å². The first-order valence-corrected chi connectivity index (χ1v) is 10.1. The summed E-state index contributed by atoms with van der Waals surface area (Å²) < 4.78 is 43.7. The Morgan fingerprint density at radius 3 is 2.71 bits per heavy atom. The fraction of sp³-hybridized carbons (Fsp3) is 0.304. The van der Waals surface area contributed by atoms with Gasteiger partial charge in [-0.25, -0.2) is 13.8 Å². The standard InChI is InChI=1S/C23H22F2N2O4/c1-2-18(14-3-6-19-20(11-14)30-10-9-29-19)27-22(28)7-8-23-26-13-21(31-23)16-5-4-15(24)12-17(16)25/h3-6,11-13,18H,2,7-10H2,1H3,(H,27,28). The SMILES string of the molecule is CCC(NC(=O)CCc1ncc(-c2ccc(F)cc2F)o1)c1ccc2c(c1)OCCO2. The zero-order valence-electron chi connectivity index (χ0n) is 17.0. The first kappa shape index (κ1) is 20.8. The first-order valence-electron chi connectivity index (χ1n) is 10.1. The number of aromatic nitrogens is 1. The van der Waals surface area contributed by atoms with Crippen LogP contribution in [0.15, 0.2) is 47.0 Å². The van der Waals surface area contributed by atoms with E-state index in [4.69, 9.17) is 13.9 Å². The number of hydrogen-bond donors (Lipinski definition) is 1. The highest BCUT2D eigenvalue weighted by Crippen LogP contribution is 2.33. The second-order valence-electron chi connectivity index (χ2n) is 7.17. The molecule has 0 aliphatic carbocycles. The summed E-state index contributed by atoms with van der Waals surface area (Å²) in [5, 5.41) is 3.01. The molecule has 8 heteroatoms. The summed E-state index contributed by atoms with van der Waals surface area (Å²) in [6.45, 7) is 3.01. The summed E-state index contributed by atoms with van der Waals surface area (Å²) in [6, 6.07) is 8.71. The second kappa shape index (κ2) is 9.16. The summed E-state index contributed by atoms with van der Waals surface area (Å²) in [6.07, 6.45) is 2.49. The van der Waals surface area contributed by atoms with Crippen molar-refractivity contribution in [2.45, 2.75) is 32.2 Å². The maximum Gasteiger partial charge on any atom is 0.220 e. The lowest BCUT2D eigenvalue weighted by atomic mass is 10.0. The van der Waals surface area contributed by atoms with Crippen molar-refractivity contribution in [3.63, 3.8) is 0 Å². The lowest BCUT2D eigenvalue weighted by Crippen LogP contribution is -2.28. The Hall–Kier alpha value is -3.42. The number of ether oxygens (including phenoxy) is 2. The molecule has 162 valence electrons. The summed E-state index contributed by atoms with van der Waals surface area (Å²) in [5.41, 5.74) is 1.06. The zero-order valence-corrected chi connectivity index (χ0v) is 17.0. The van der Waals surface area contributed by atoms with Crippen LogP contribution in [-0.4, -0.2) is 24.1 Å². The van der Waals surface area contributed by atoms with Crippen LogP contribution >= 0.6 is 0 Å². The van der Waals surface area contributed by atoms with Crippen LogP contribution in [0.5, 0.6) is 11.5 Å². The highest BCUT2D eigenvalue weighted by Gasteiger charge is 2.18. The Morgan fingerprint density at radius 1 is 1.13 bits per heavy atom. The highest BCUT2D eigenvalue weighted by molar-refractivity contribution is 5.76. The Labute approximate surface area is 178 Å². The van der Waals surface area contributed by atoms with E-state index < -0.39 is 11.6 Å². The molecule has 0 spiro atoms. The number of amides is 1. The molecular formula is C23H22F2N2O4. The molecule has 3 aromatic rings. The Balaban J connectivity index is 1.36. The molecule has 6 nitrogen and oxygen atoms in total. The van der Waals surface area contributed by atoms with E-state index in [0.717, 1.165) is 17.7 Å². The highest BCUT2D eigenvalue weighted by atomic mass is 19.1. The van der Waals surface area contributed by atoms with Gasteiger partial charge in [-0.2, -0.15) is 0 Å². The number of carbonyl (C=O) groups excluding carboxylic acids is 1. The van der Waals surface area contributed by atoms with Crippen molar-refractivity contribution in [1.29, 1.82) is 0 Å². The minimum atomic E-state index is -0.731. The van der Waals surface area contributed by atoms with E-state index in [1.807, 2.05) is 25.1 Å². The monoisotopic (exact) mass is 428 g/mol. The molecule has 1 amide bonds.